The second-order valence-corrected chi connectivity index (χ2v) is 7.20. The average Bonchev–Trinajstić information content (AvgIpc) is 3.11. The van der Waals surface area contributed by atoms with Gasteiger partial charge in [-0.05, 0) is 24.1 Å². The van der Waals surface area contributed by atoms with Gasteiger partial charge in [0.25, 0.3) is 0 Å². The predicted octanol–water partition coefficient (Wildman–Crippen LogP) is 2.35. The normalized spacial score (nSPS) is 15.1. The number of aromatic nitrogens is 2. The Labute approximate surface area is 160 Å². The van der Waals surface area contributed by atoms with E-state index in [0.29, 0.717) is 30.4 Å². The number of nitrogens with two attached hydrogens (primary N) is 1. The Morgan fingerprint density at radius 3 is 2.68 bits per heavy atom. The van der Waals surface area contributed by atoms with Crippen molar-refractivity contribution in [3.8, 4) is 11.1 Å². The molecule has 0 bridgehead atoms. The van der Waals surface area contributed by atoms with Gasteiger partial charge in [-0.2, -0.15) is 4.39 Å². The number of rotatable bonds is 5. The Morgan fingerprint density at radius 2 is 2.04 bits per heavy atom. The summed E-state index contributed by atoms with van der Waals surface area (Å²) in [6.07, 6.45) is 1.82. The van der Waals surface area contributed by atoms with Crippen LogP contribution in [0.25, 0.3) is 11.1 Å². The average molecular weight is 383 g/mol. The highest BCUT2D eigenvalue weighted by Crippen LogP contribution is 2.32. The molecule has 0 spiro atoms. The van der Waals surface area contributed by atoms with Crippen LogP contribution in [-0.4, -0.2) is 24.3 Å². The SMILES string of the molecule is CC1(c2cc(NC(=O)Cc3ccc(-c4c[nH+]c(N)c(F)c4)cc3)no2)COC1. The zero-order valence-corrected chi connectivity index (χ0v) is 15.3. The maximum absolute atomic E-state index is 13.6. The van der Waals surface area contributed by atoms with Crippen LogP contribution in [0.15, 0.2) is 47.1 Å². The maximum atomic E-state index is 13.6. The summed E-state index contributed by atoms with van der Waals surface area (Å²) in [4.78, 5) is 15.0. The number of halogens is 1. The van der Waals surface area contributed by atoms with E-state index in [0.717, 1.165) is 11.1 Å². The van der Waals surface area contributed by atoms with E-state index in [-0.39, 0.29) is 23.6 Å². The molecular formula is C20H20FN4O3+. The van der Waals surface area contributed by atoms with E-state index in [2.05, 4.69) is 15.5 Å². The largest absolute Gasteiger partial charge is 0.379 e. The van der Waals surface area contributed by atoms with E-state index in [1.54, 1.807) is 12.3 Å². The third-order valence-electron chi connectivity index (χ3n) is 4.79. The molecule has 1 fully saturated rings. The molecule has 1 aliphatic heterocycles. The standard InChI is InChI=1S/C20H19FN4O3/c1-20(10-27-11-20)16-8-17(25-28-16)24-18(26)6-12-2-4-13(5-3-12)14-7-15(21)19(22)23-9-14/h2-5,7-9H,6,10-11H2,1H3,(H2,22,23)(H,24,25,26)/p+1. The molecule has 1 aromatic carbocycles. The number of ether oxygens (including phenoxy) is 1. The van der Waals surface area contributed by atoms with Crippen molar-refractivity contribution in [3.05, 3.63) is 59.7 Å². The monoisotopic (exact) mass is 383 g/mol. The van der Waals surface area contributed by atoms with Gasteiger partial charge in [-0.15, -0.1) is 0 Å². The molecule has 1 aliphatic rings. The highest BCUT2D eigenvalue weighted by Gasteiger charge is 2.39. The summed E-state index contributed by atoms with van der Waals surface area (Å²) < 4.78 is 24.1. The van der Waals surface area contributed by atoms with Gasteiger partial charge in [0.2, 0.25) is 11.7 Å². The minimum absolute atomic E-state index is 0.00752. The zero-order chi connectivity index (χ0) is 19.7. The number of aromatic amines is 1. The number of nitrogens with one attached hydrogen (secondary N) is 2. The number of amides is 1. The minimum Gasteiger partial charge on any atom is -0.379 e. The van der Waals surface area contributed by atoms with Crippen LogP contribution < -0.4 is 16.0 Å². The summed E-state index contributed by atoms with van der Waals surface area (Å²) in [5.74, 6) is 0.375. The van der Waals surface area contributed by atoms with Gasteiger partial charge in [0, 0.05) is 11.6 Å². The molecule has 0 atom stereocenters. The summed E-state index contributed by atoms with van der Waals surface area (Å²) in [6, 6.07) is 10.4. The molecule has 1 saturated heterocycles. The molecule has 28 heavy (non-hydrogen) atoms. The Kier molecular flexibility index (Phi) is 4.56. The molecule has 3 heterocycles. The van der Waals surface area contributed by atoms with Crippen molar-refractivity contribution in [1.82, 2.24) is 5.16 Å². The molecule has 0 radical (unpaired) electrons. The molecular weight excluding hydrogens is 363 g/mol. The van der Waals surface area contributed by atoms with E-state index < -0.39 is 5.82 Å². The molecule has 8 heteroatoms. The summed E-state index contributed by atoms with van der Waals surface area (Å²) in [6.45, 7) is 3.18. The third kappa shape index (κ3) is 3.59. The molecule has 0 saturated carbocycles. The highest BCUT2D eigenvalue weighted by molar-refractivity contribution is 5.91. The first kappa shape index (κ1) is 18.1. The topological polar surface area (TPSA) is 105 Å². The van der Waals surface area contributed by atoms with E-state index >= 15 is 0 Å². The van der Waals surface area contributed by atoms with Crippen LogP contribution in [-0.2, 0) is 21.4 Å². The number of anilines is 2. The van der Waals surface area contributed by atoms with Crippen molar-refractivity contribution in [1.29, 1.82) is 0 Å². The van der Waals surface area contributed by atoms with Crippen LogP contribution in [0.5, 0.6) is 0 Å². The molecule has 0 aliphatic carbocycles. The fraction of sp³-hybridized carbons (Fsp3) is 0.250. The Balaban J connectivity index is 1.39. The predicted molar refractivity (Wildman–Crippen MR) is 99.8 cm³/mol. The lowest BCUT2D eigenvalue weighted by Crippen LogP contribution is -2.43. The lowest BCUT2D eigenvalue weighted by molar-refractivity contribution is -0.361. The van der Waals surface area contributed by atoms with Gasteiger partial charge in [0.1, 0.15) is 5.76 Å². The molecule has 1 amide bonds. The number of hydrogen-bond donors (Lipinski definition) is 2. The van der Waals surface area contributed by atoms with Crippen LogP contribution in [0, 0.1) is 5.82 Å². The van der Waals surface area contributed by atoms with Crippen LogP contribution >= 0.6 is 0 Å². The molecule has 7 nitrogen and oxygen atoms in total. The number of nitrogen functional groups attached to an aromatic ring is 1. The van der Waals surface area contributed by atoms with E-state index in [9.17, 15) is 9.18 Å². The van der Waals surface area contributed by atoms with Crippen molar-refractivity contribution in [2.24, 2.45) is 0 Å². The quantitative estimate of drug-likeness (QED) is 0.704. The third-order valence-corrected chi connectivity index (χ3v) is 4.79. The van der Waals surface area contributed by atoms with Crippen molar-refractivity contribution >= 4 is 17.5 Å². The lowest BCUT2D eigenvalue weighted by atomic mass is 9.86. The number of carbonyl (C=O) groups is 1. The Hall–Kier alpha value is -3.26. The molecule has 4 N–H and O–H groups in total. The molecule has 3 aromatic rings. The first-order chi connectivity index (χ1) is 13.4. The van der Waals surface area contributed by atoms with E-state index in [4.69, 9.17) is 15.0 Å². The summed E-state index contributed by atoms with van der Waals surface area (Å²) in [5, 5.41) is 6.64. The summed E-state index contributed by atoms with van der Waals surface area (Å²) in [7, 11) is 0. The van der Waals surface area contributed by atoms with Gasteiger partial charge in [-0.1, -0.05) is 29.4 Å². The van der Waals surface area contributed by atoms with Crippen molar-refractivity contribution < 1.29 is 23.4 Å². The molecule has 2 aromatic heterocycles. The second-order valence-electron chi connectivity index (χ2n) is 7.20. The lowest BCUT2D eigenvalue weighted by Gasteiger charge is -2.35. The number of nitrogens with zero attached hydrogens (tertiary/aromatic N) is 1. The van der Waals surface area contributed by atoms with Crippen LogP contribution in [0.3, 0.4) is 0 Å². The van der Waals surface area contributed by atoms with Gasteiger partial charge in [0.05, 0.1) is 31.2 Å². The number of benzene rings is 1. The van der Waals surface area contributed by atoms with Crippen LogP contribution in [0.4, 0.5) is 16.0 Å². The summed E-state index contributed by atoms with van der Waals surface area (Å²) >= 11 is 0. The van der Waals surface area contributed by atoms with Crippen molar-refractivity contribution in [2.45, 2.75) is 18.8 Å². The fourth-order valence-corrected chi connectivity index (χ4v) is 3.00. The Morgan fingerprint density at radius 1 is 1.29 bits per heavy atom. The van der Waals surface area contributed by atoms with Gasteiger partial charge in [-0.3, -0.25) is 10.5 Å². The van der Waals surface area contributed by atoms with Gasteiger partial charge in [0.15, 0.2) is 5.82 Å². The Bertz CT molecular complexity index is 1010. The number of carbonyl (C=O) groups excluding carboxylic acids is 1. The summed E-state index contributed by atoms with van der Waals surface area (Å²) in [5.41, 5.74) is 7.59. The fourth-order valence-electron chi connectivity index (χ4n) is 3.00. The molecule has 0 unspecified atom stereocenters. The second kappa shape index (κ2) is 7.05. The number of hydrogen-bond acceptors (Lipinski definition) is 5. The zero-order valence-electron chi connectivity index (χ0n) is 15.3. The number of H-pyrrole nitrogens is 1. The van der Waals surface area contributed by atoms with Crippen molar-refractivity contribution in [2.75, 3.05) is 24.3 Å². The van der Waals surface area contributed by atoms with Crippen molar-refractivity contribution in [3.63, 3.8) is 0 Å². The number of pyridine rings is 1. The van der Waals surface area contributed by atoms with Gasteiger partial charge in [-0.25, -0.2) is 4.98 Å². The van der Waals surface area contributed by atoms with Crippen LogP contribution in [0.1, 0.15) is 18.2 Å². The molecule has 144 valence electrons. The highest BCUT2D eigenvalue weighted by atomic mass is 19.1. The van der Waals surface area contributed by atoms with E-state index in [1.807, 2.05) is 31.2 Å². The first-order valence-corrected chi connectivity index (χ1v) is 8.84. The minimum atomic E-state index is -0.504. The van der Waals surface area contributed by atoms with E-state index in [1.165, 1.54) is 6.07 Å². The van der Waals surface area contributed by atoms with Gasteiger partial charge >= 0.3 is 5.82 Å². The maximum Gasteiger partial charge on any atom is 0.306 e. The smallest absolute Gasteiger partial charge is 0.306 e. The van der Waals surface area contributed by atoms with Crippen LogP contribution in [0.2, 0.25) is 0 Å². The van der Waals surface area contributed by atoms with Gasteiger partial charge < -0.3 is 14.6 Å². The first-order valence-electron chi connectivity index (χ1n) is 8.84. The molecule has 4 rings (SSSR count).